The van der Waals surface area contributed by atoms with Gasteiger partial charge in [0.1, 0.15) is 0 Å². The minimum absolute atomic E-state index is 0.0599. The van der Waals surface area contributed by atoms with Gasteiger partial charge < -0.3 is 9.80 Å². The molecule has 0 bridgehead atoms. The van der Waals surface area contributed by atoms with Crippen LogP contribution in [0.5, 0.6) is 0 Å². The summed E-state index contributed by atoms with van der Waals surface area (Å²) in [6.45, 7) is 7.95. The maximum absolute atomic E-state index is 4.05. The fraction of sp³-hybridized carbons (Fsp3) is 0.105. The van der Waals surface area contributed by atoms with Crippen LogP contribution in [0.4, 0.5) is 22.7 Å². The smallest absolute Gasteiger partial charge is 0.0462 e. The van der Waals surface area contributed by atoms with Crippen LogP contribution >= 0.6 is 0 Å². The average Bonchev–Trinajstić information content (AvgIpc) is 3.76. The lowest BCUT2D eigenvalue weighted by atomic mass is 9.88. The average molecular weight is 519 g/mol. The Morgan fingerprint density at radius 3 is 1.88 bits per heavy atom. The summed E-state index contributed by atoms with van der Waals surface area (Å²) in [6, 6.07) is 38.7. The molecule has 4 aromatic rings. The number of rotatable bonds is 9. The first-order valence-corrected chi connectivity index (χ1v) is 13.8. The number of anilines is 4. The number of benzene rings is 4. The van der Waals surface area contributed by atoms with Crippen LogP contribution in [0, 0.1) is 11.3 Å². The van der Waals surface area contributed by atoms with Crippen molar-refractivity contribution in [3.8, 4) is 11.1 Å². The van der Waals surface area contributed by atoms with Crippen molar-refractivity contribution in [3.05, 3.63) is 170 Å². The Morgan fingerprint density at radius 2 is 1.27 bits per heavy atom. The maximum atomic E-state index is 4.05. The van der Waals surface area contributed by atoms with Gasteiger partial charge in [-0.3, -0.25) is 0 Å². The first kappa shape index (κ1) is 25.5. The molecule has 0 N–H and O–H groups in total. The second kappa shape index (κ2) is 10.7. The number of para-hydroxylation sites is 1. The van der Waals surface area contributed by atoms with Crippen LogP contribution in [-0.2, 0) is 0 Å². The van der Waals surface area contributed by atoms with E-state index in [2.05, 4.69) is 164 Å². The van der Waals surface area contributed by atoms with E-state index in [1.807, 2.05) is 12.2 Å². The summed E-state index contributed by atoms with van der Waals surface area (Å²) in [7, 11) is 2.12. The maximum Gasteiger partial charge on any atom is 0.0462 e. The Hall–Kier alpha value is -4.82. The van der Waals surface area contributed by atoms with Crippen LogP contribution in [0.25, 0.3) is 11.1 Å². The van der Waals surface area contributed by atoms with E-state index in [4.69, 9.17) is 0 Å². The molecular weight excluding hydrogens is 484 g/mol. The molecule has 0 amide bonds. The summed E-state index contributed by atoms with van der Waals surface area (Å²) >= 11 is 0. The molecule has 0 heterocycles. The highest BCUT2D eigenvalue weighted by Gasteiger charge is 2.54. The Balaban J connectivity index is 1.26. The van der Waals surface area contributed by atoms with E-state index in [1.54, 1.807) is 0 Å². The van der Waals surface area contributed by atoms with Crippen LogP contribution in [0.15, 0.2) is 170 Å². The molecule has 1 saturated carbocycles. The first-order valence-electron chi connectivity index (χ1n) is 13.8. The van der Waals surface area contributed by atoms with Crippen LogP contribution in [0.2, 0.25) is 0 Å². The van der Waals surface area contributed by atoms with Gasteiger partial charge in [0.15, 0.2) is 0 Å². The highest BCUT2D eigenvalue weighted by Crippen LogP contribution is 2.62. The molecule has 0 radical (unpaired) electrons. The standard InChI is InChI=1S/C38H34N2/c1-4-12-31(5-2)38-26-25-37(27-32(38)28-38)40(35-15-10-7-11-16-35)36-23-21-34(22-24-36)39(3)33-19-17-30(18-20-33)29-13-8-6-9-14-29/h4-27,32H,1-2,28H2,3H3/b31-12+. The van der Waals surface area contributed by atoms with Gasteiger partial charge in [-0.05, 0) is 83.6 Å². The topological polar surface area (TPSA) is 6.48 Å². The predicted octanol–water partition coefficient (Wildman–Crippen LogP) is 10.0. The molecule has 0 aliphatic heterocycles. The molecule has 40 heavy (non-hydrogen) atoms. The zero-order chi connectivity index (χ0) is 27.5. The molecule has 0 spiro atoms. The molecule has 1 fully saturated rings. The van der Waals surface area contributed by atoms with Gasteiger partial charge in [-0.2, -0.15) is 0 Å². The number of nitrogens with zero attached hydrogens (tertiary/aromatic N) is 2. The Morgan fingerprint density at radius 1 is 0.725 bits per heavy atom. The molecule has 4 aromatic carbocycles. The third kappa shape index (κ3) is 4.74. The predicted molar refractivity (Wildman–Crippen MR) is 171 cm³/mol. The Kier molecular flexibility index (Phi) is 6.84. The Labute approximate surface area is 238 Å². The molecule has 2 aliphatic carbocycles. The van der Waals surface area contributed by atoms with Crippen molar-refractivity contribution in [2.45, 2.75) is 6.42 Å². The SMILES string of the molecule is C=C/C=C(\C=C)C12C=CC(N(c3ccccc3)c3ccc(N(C)c4ccc(-c5ccccc5)cc4)cc3)=CC1C2. The number of fused-ring (bicyclic) bond motifs is 1. The van der Waals surface area contributed by atoms with E-state index < -0.39 is 0 Å². The molecule has 2 heteroatoms. The van der Waals surface area contributed by atoms with E-state index in [9.17, 15) is 0 Å². The monoisotopic (exact) mass is 518 g/mol. The zero-order valence-corrected chi connectivity index (χ0v) is 22.9. The fourth-order valence-electron chi connectivity index (χ4n) is 5.82. The number of allylic oxidation sites excluding steroid dienone is 7. The lowest BCUT2D eigenvalue weighted by molar-refractivity contribution is 0.738. The Bertz CT molecular complexity index is 1590. The van der Waals surface area contributed by atoms with Gasteiger partial charge in [-0.25, -0.2) is 0 Å². The van der Waals surface area contributed by atoms with Crippen molar-refractivity contribution < 1.29 is 0 Å². The quantitative estimate of drug-likeness (QED) is 0.203. The van der Waals surface area contributed by atoms with Crippen molar-refractivity contribution in [1.29, 1.82) is 0 Å². The van der Waals surface area contributed by atoms with E-state index in [0.29, 0.717) is 5.92 Å². The van der Waals surface area contributed by atoms with Gasteiger partial charge >= 0.3 is 0 Å². The molecule has 2 unspecified atom stereocenters. The first-order chi connectivity index (χ1) is 19.6. The summed E-state index contributed by atoms with van der Waals surface area (Å²) in [5.74, 6) is 0.465. The van der Waals surface area contributed by atoms with E-state index in [0.717, 1.165) is 29.2 Å². The summed E-state index contributed by atoms with van der Waals surface area (Å²) in [5, 5.41) is 0. The van der Waals surface area contributed by atoms with Gasteiger partial charge in [0, 0.05) is 40.9 Å². The summed E-state index contributed by atoms with van der Waals surface area (Å²) in [5.41, 5.74) is 9.54. The summed E-state index contributed by atoms with van der Waals surface area (Å²) in [4.78, 5) is 4.58. The molecule has 2 aliphatic rings. The number of hydrogen-bond acceptors (Lipinski definition) is 2. The lowest BCUT2D eigenvalue weighted by Crippen LogP contribution is -2.18. The zero-order valence-electron chi connectivity index (χ0n) is 22.9. The normalized spacial score (nSPS) is 19.3. The van der Waals surface area contributed by atoms with Gasteiger partial charge in [0.25, 0.3) is 0 Å². The largest absolute Gasteiger partial charge is 0.345 e. The fourth-order valence-corrected chi connectivity index (χ4v) is 5.82. The van der Waals surface area contributed by atoms with E-state index in [-0.39, 0.29) is 5.41 Å². The molecule has 6 rings (SSSR count). The minimum atomic E-state index is 0.0599. The molecule has 2 nitrogen and oxygen atoms in total. The van der Waals surface area contributed by atoms with Crippen molar-refractivity contribution in [3.63, 3.8) is 0 Å². The van der Waals surface area contributed by atoms with E-state index in [1.165, 1.54) is 22.4 Å². The lowest BCUT2D eigenvalue weighted by Gasteiger charge is -2.29. The van der Waals surface area contributed by atoms with Crippen LogP contribution in [0.3, 0.4) is 0 Å². The molecule has 2 atom stereocenters. The van der Waals surface area contributed by atoms with Crippen LogP contribution in [0.1, 0.15) is 6.42 Å². The number of hydrogen-bond donors (Lipinski definition) is 0. The second-order valence-corrected chi connectivity index (χ2v) is 10.5. The van der Waals surface area contributed by atoms with Crippen molar-refractivity contribution >= 4 is 22.7 Å². The highest BCUT2D eigenvalue weighted by molar-refractivity contribution is 5.75. The molecule has 196 valence electrons. The summed E-state index contributed by atoms with van der Waals surface area (Å²) < 4.78 is 0. The van der Waals surface area contributed by atoms with E-state index >= 15 is 0 Å². The molecule has 0 aromatic heterocycles. The van der Waals surface area contributed by atoms with Crippen LogP contribution < -0.4 is 9.80 Å². The highest BCUT2D eigenvalue weighted by atomic mass is 15.2. The molecule has 0 saturated heterocycles. The molecular formula is C38H34N2. The summed E-state index contributed by atoms with van der Waals surface area (Å²) in [6.07, 6.45) is 14.1. The minimum Gasteiger partial charge on any atom is -0.345 e. The van der Waals surface area contributed by atoms with Gasteiger partial charge in [0.2, 0.25) is 0 Å². The van der Waals surface area contributed by atoms with Crippen molar-refractivity contribution in [2.24, 2.45) is 11.3 Å². The second-order valence-electron chi connectivity index (χ2n) is 10.5. The van der Waals surface area contributed by atoms with Crippen molar-refractivity contribution in [1.82, 2.24) is 0 Å². The van der Waals surface area contributed by atoms with Gasteiger partial charge in [0.05, 0.1) is 0 Å². The van der Waals surface area contributed by atoms with Gasteiger partial charge in [-0.15, -0.1) is 0 Å². The third-order valence-corrected chi connectivity index (χ3v) is 8.17. The van der Waals surface area contributed by atoms with Crippen molar-refractivity contribution in [2.75, 3.05) is 16.8 Å². The van der Waals surface area contributed by atoms with Gasteiger partial charge in [-0.1, -0.05) is 104 Å². The third-order valence-electron chi connectivity index (χ3n) is 8.17. The van der Waals surface area contributed by atoms with Crippen LogP contribution in [-0.4, -0.2) is 7.05 Å².